The van der Waals surface area contributed by atoms with E-state index in [1.807, 2.05) is 0 Å². The molecule has 0 radical (unpaired) electrons. The van der Waals surface area contributed by atoms with Gasteiger partial charge in [0.15, 0.2) is 0 Å². The van der Waals surface area contributed by atoms with E-state index in [1.54, 1.807) is 6.92 Å². The molecule has 0 rings (SSSR count). The number of hydrogen-bond donors (Lipinski definition) is 2. The highest BCUT2D eigenvalue weighted by Gasteiger charge is 2.18. The minimum absolute atomic E-state index is 0.200. The molecule has 0 spiro atoms. The second-order valence-corrected chi connectivity index (χ2v) is 3.82. The Bertz CT molecular complexity index is 197. The van der Waals surface area contributed by atoms with Crippen LogP contribution in [0.1, 0.15) is 6.92 Å². The van der Waals surface area contributed by atoms with Gasteiger partial charge in [-0.3, -0.25) is 9.59 Å². The number of ether oxygens (including phenoxy) is 1. The topological polar surface area (TPSA) is 89.6 Å². The average molecular weight is 207 g/mol. The van der Waals surface area contributed by atoms with Crippen molar-refractivity contribution in [3.8, 4) is 0 Å². The van der Waals surface area contributed by atoms with Crippen LogP contribution in [0, 0.1) is 0 Å². The van der Waals surface area contributed by atoms with Crippen molar-refractivity contribution in [3.05, 3.63) is 0 Å². The normalized spacial score (nSPS) is 14.7. The van der Waals surface area contributed by atoms with Gasteiger partial charge in [0.25, 0.3) is 0 Å². The first-order valence-corrected chi connectivity index (χ1v) is 4.71. The molecule has 0 saturated heterocycles. The largest absolute Gasteiger partial charge is 0.480 e. The standard InChI is InChI=1S/C7H13NO4S/c1-4(7(11)12-2)13-3-5(8)6(9)10/h4-5H,3,8H2,1-2H3,(H,9,10)/t4?,5-/m1/s1. The van der Waals surface area contributed by atoms with E-state index in [4.69, 9.17) is 10.8 Å². The van der Waals surface area contributed by atoms with E-state index in [1.165, 1.54) is 18.9 Å². The summed E-state index contributed by atoms with van der Waals surface area (Å²) >= 11 is 1.17. The Morgan fingerprint density at radius 2 is 2.15 bits per heavy atom. The van der Waals surface area contributed by atoms with E-state index in [-0.39, 0.29) is 17.0 Å². The van der Waals surface area contributed by atoms with Crippen LogP contribution in [0.15, 0.2) is 0 Å². The summed E-state index contributed by atoms with van der Waals surface area (Å²) < 4.78 is 4.46. The molecule has 0 heterocycles. The van der Waals surface area contributed by atoms with Gasteiger partial charge in [0.2, 0.25) is 0 Å². The van der Waals surface area contributed by atoms with Crippen molar-refractivity contribution in [2.24, 2.45) is 5.73 Å². The third-order valence-corrected chi connectivity index (χ3v) is 2.62. The number of carbonyl (C=O) groups is 2. The molecule has 0 aromatic heterocycles. The smallest absolute Gasteiger partial charge is 0.321 e. The number of carbonyl (C=O) groups excluding carboxylic acids is 1. The molecule has 0 aliphatic carbocycles. The maximum Gasteiger partial charge on any atom is 0.321 e. The average Bonchev–Trinajstić information content (AvgIpc) is 2.11. The zero-order valence-corrected chi connectivity index (χ0v) is 8.34. The van der Waals surface area contributed by atoms with Crippen molar-refractivity contribution < 1.29 is 19.4 Å². The lowest BCUT2D eigenvalue weighted by molar-refractivity contribution is -0.140. The van der Waals surface area contributed by atoms with Gasteiger partial charge in [0.05, 0.1) is 12.4 Å². The third kappa shape index (κ3) is 4.74. The zero-order valence-electron chi connectivity index (χ0n) is 7.52. The molecular weight excluding hydrogens is 194 g/mol. The Hall–Kier alpha value is -0.750. The summed E-state index contributed by atoms with van der Waals surface area (Å²) in [5, 5.41) is 8.06. The van der Waals surface area contributed by atoms with Gasteiger partial charge in [0.1, 0.15) is 6.04 Å². The summed E-state index contributed by atoms with van der Waals surface area (Å²) in [7, 11) is 1.29. The summed E-state index contributed by atoms with van der Waals surface area (Å²) in [6, 6.07) is -0.933. The monoisotopic (exact) mass is 207 g/mol. The minimum Gasteiger partial charge on any atom is -0.480 e. The second kappa shape index (κ2) is 5.82. The molecule has 0 fully saturated rings. The van der Waals surface area contributed by atoms with Gasteiger partial charge in [-0.2, -0.15) is 0 Å². The van der Waals surface area contributed by atoms with E-state index < -0.39 is 12.0 Å². The van der Waals surface area contributed by atoms with Crippen LogP contribution in [0.3, 0.4) is 0 Å². The third-order valence-electron chi connectivity index (χ3n) is 1.38. The molecule has 0 aliphatic heterocycles. The Morgan fingerprint density at radius 1 is 1.62 bits per heavy atom. The van der Waals surface area contributed by atoms with Gasteiger partial charge in [-0.05, 0) is 6.92 Å². The van der Waals surface area contributed by atoms with Gasteiger partial charge in [-0.1, -0.05) is 0 Å². The molecule has 0 amide bonds. The van der Waals surface area contributed by atoms with Crippen molar-refractivity contribution in [2.45, 2.75) is 18.2 Å². The molecule has 0 aromatic carbocycles. The lowest BCUT2D eigenvalue weighted by atomic mass is 10.4. The number of methoxy groups -OCH3 is 1. The molecule has 13 heavy (non-hydrogen) atoms. The van der Waals surface area contributed by atoms with Gasteiger partial charge >= 0.3 is 11.9 Å². The van der Waals surface area contributed by atoms with Crippen LogP contribution in [-0.2, 0) is 14.3 Å². The fraction of sp³-hybridized carbons (Fsp3) is 0.714. The Balaban J connectivity index is 3.76. The number of carboxylic acids is 1. The lowest BCUT2D eigenvalue weighted by Crippen LogP contribution is -2.33. The van der Waals surface area contributed by atoms with Crippen LogP contribution in [0.2, 0.25) is 0 Å². The Morgan fingerprint density at radius 3 is 2.54 bits per heavy atom. The predicted molar refractivity (Wildman–Crippen MR) is 49.5 cm³/mol. The molecule has 0 aromatic rings. The number of esters is 1. The molecular formula is C7H13NO4S. The van der Waals surface area contributed by atoms with E-state index in [9.17, 15) is 9.59 Å². The number of hydrogen-bond acceptors (Lipinski definition) is 5. The summed E-state index contributed by atoms with van der Waals surface area (Å²) in [5.41, 5.74) is 5.23. The van der Waals surface area contributed by atoms with Crippen molar-refractivity contribution in [2.75, 3.05) is 12.9 Å². The van der Waals surface area contributed by atoms with Crippen LogP contribution in [0.25, 0.3) is 0 Å². The summed E-state index contributed by atoms with van der Waals surface area (Å²) in [4.78, 5) is 21.2. The van der Waals surface area contributed by atoms with Gasteiger partial charge < -0.3 is 15.6 Å². The van der Waals surface area contributed by atoms with E-state index in [0.29, 0.717) is 0 Å². The van der Waals surface area contributed by atoms with E-state index in [0.717, 1.165) is 0 Å². The molecule has 1 unspecified atom stereocenters. The number of thioether (sulfide) groups is 1. The van der Waals surface area contributed by atoms with E-state index >= 15 is 0 Å². The number of rotatable bonds is 5. The van der Waals surface area contributed by atoms with Gasteiger partial charge in [-0.15, -0.1) is 11.8 Å². The van der Waals surface area contributed by atoms with Crippen molar-refractivity contribution in [1.29, 1.82) is 0 Å². The van der Waals surface area contributed by atoms with Crippen LogP contribution in [0.4, 0.5) is 0 Å². The maximum absolute atomic E-state index is 10.9. The van der Waals surface area contributed by atoms with Crippen LogP contribution in [-0.4, -0.2) is 41.2 Å². The molecule has 6 heteroatoms. The summed E-state index contributed by atoms with van der Waals surface area (Å²) in [6.07, 6.45) is 0. The quantitative estimate of drug-likeness (QED) is 0.601. The highest BCUT2D eigenvalue weighted by Crippen LogP contribution is 2.12. The molecule has 2 atom stereocenters. The highest BCUT2D eigenvalue weighted by molar-refractivity contribution is 8.00. The highest BCUT2D eigenvalue weighted by atomic mass is 32.2. The fourth-order valence-corrected chi connectivity index (χ4v) is 1.42. The summed E-state index contributed by atoms with van der Waals surface area (Å²) in [6.45, 7) is 1.64. The van der Waals surface area contributed by atoms with Crippen molar-refractivity contribution >= 4 is 23.7 Å². The molecule has 0 aliphatic rings. The molecule has 0 saturated carbocycles. The lowest BCUT2D eigenvalue weighted by Gasteiger charge is -2.10. The Kier molecular flexibility index (Phi) is 5.48. The second-order valence-electron chi connectivity index (χ2n) is 2.44. The molecule has 5 nitrogen and oxygen atoms in total. The summed E-state index contributed by atoms with van der Waals surface area (Å²) in [5.74, 6) is -1.24. The zero-order chi connectivity index (χ0) is 10.4. The first-order valence-electron chi connectivity index (χ1n) is 3.66. The first kappa shape index (κ1) is 12.2. The molecule has 76 valence electrons. The number of aliphatic carboxylic acids is 1. The van der Waals surface area contributed by atoms with Crippen molar-refractivity contribution in [1.82, 2.24) is 0 Å². The van der Waals surface area contributed by atoms with Crippen molar-refractivity contribution in [3.63, 3.8) is 0 Å². The van der Waals surface area contributed by atoms with Gasteiger partial charge in [-0.25, -0.2) is 0 Å². The Labute approximate surface area is 80.6 Å². The minimum atomic E-state index is -1.07. The maximum atomic E-state index is 10.9. The SMILES string of the molecule is COC(=O)C(C)SC[C@@H](N)C(=O)O. The molecule has 0 bridgehead atoms. The number of carboxylic acid groups (broad SMARTS) is 1. The predicted octanol–water partition coefficient (Wildman–Crippen LogP) is -0.307. The van der Waals surface area contributed by atoms with Crippen LogP contribution >= 0.6 is 11.8 Å². The molecule has 3 N–H and O–H groups in total. The fourth-order valence-electron chi connectivity index (χ4n) is 0.553. The van der Waals surface area contributed by atoms with Crippen LogP contribution < -0.4 is 5.73 Å². The first-order chi connectivity index (χ1) is 5.99. The number of nitrogens with two attached hydrogens (primary N) is 1. The van der Waals surface area contributed by atoms with E-state index in [2.05, 4.69) is 4.74 Å². The van der Waals surface area contributed by atoms with Crippen LogP contribution in [0.5, 0.6) is 0 Å². The van der Waals surface area contributed by atoms with Gasteiger partial charge in [0, 0.05) is 5.75 Å².